The molecule has 1 aromatic carbocycles. The van der Waals surface area contributed by atoms with E-state index in [-0.39, 0.29) is 27.7 Å². The van der Waals surface area contributed by atoms with Crippen molar-refractivity contribution in [2.45, 2.75) is 6.42 Å². The number of nitrogens with one attached hydrogen (secondary N) is 1. The zero-order valence-corrected chi connectivity index (χ0v) is 10.8. The summed E-state index contributed by atoms with van der Waals surface area (Å²) < 4.78 is 4.53. The topological polar surface area (TPSA) is 79.2 Å². The van der Waals surface area contributed by atoms with Gasteiger partial charge in [0.1, 0.15) is 6.42 Å². The Morgan fingerprint density at radius 1 is 1.44 bits per heavy atom. The summed E-state index contributed by atoms with van der Waals surface area (Å²) in [5, 5.41) is 10.9. The Kier molecular flexibility index (Phi) is 4.95. The number of hydrogen-bond donors (Lipinski definition) is 1. The minimum Gasteiger partial charge on any atom is -0.465 e. The second-order valence-electron chi connectivity index (χ2n) is 3.16. The Balaban J connectivity index is 3.15. The second-order valence-corrected chi connectivity index (χ2v) is 3.94. The molecule has 0 saturated heterocycles. The van der Waals surface area contributed by atoms with Crippen LogP contribution >= 0.6 is 23.2 Å². The first-order valence-electron chi connectivity index (χ1n) is 4.74. The fraction of sp³-hybridized carbons (Fsp3) is 0.182. The van der Waals surface area contributed by atoms with Crippen LogP contribution in [0, 0.1) is 11.3 Å². The standard InChI is InChI=1S/C11H8Cl2N2O3/c1-18-11(17)6-2-3-7(12)10(9(6)13)15-8(16)4-5-14/h2-3H,4H2,1H3,(H,15,16). The number of methoxy groups -OCH3 is 1. The van der Waals surface area contributed by atoms with E-state index >= 15 is 0 Å². The van der Waals surface area contributed by atoms with E-state index in [2.05, 4.69) is 10.1 Å². The molecule has 0 fully saturated rings. The minimum absolute atomic E-state index is 0.0272. The van der Waals surface area contributed by atoms with Gasteiger partial charge in [0.05, 0.1) is 34.5 Å². The fourth-order valence-electron chi connectivity index (χ4n) is 1.19. The number of amides is 1. The first kappa shape index (κ1) is 14.3. The highest BCUT2D eigenvalue weighted by molar-refractivity contribution is 6.41. The van der Waals surface area contributed by atoms with Crippen molar-refractivity contribution < 1.29 is 14.3 Å². The molecule has 5 nitrogen and oxygen atoms in total. The van der Waals surface area contributed by atoms with Crippen LogP contribution in [-0.4, -0.2) is 19.0 Å². The molecule has 0 aliphatic carbocycles. The van der Waals surface area contributed by atoms with Crippen LogP contribution in [0.2, 0.25) is 10.0 Å². The average molecular weight is 287 g/mol. The van der Waals surface area contributed by atoms with Crippen LogP contribution in [0.4, 0.5) is 5.69 Å². The number of carbonyl (C=O) groups excluding carboxylic acids is 2. The molecule has 0 radical (unpaired) electrons. The Labute approximate surface area is 113 Å². The van der Waals surface area contributed by atoms with Gasteiger partial charge in [-0.05, 0) is 12.1 Å². The predicted molar refractivity (Wildman–Crippen MR) is 66.7 cm³/mol. The summed E-state index contributed by atoms with van der Waals surface area (Å²) in [7, 11) is 1.21. The molecule has 1 N–H and O–H groups in total. The third-order valence-electron chi connectivity index (χ3n) is 2.00. The Morgan fingerprint density at radius 3 is 2.67 bits per heavy atom. The van der Waals surface area contributed by atoms with Crippen LogP contribution in [-0.2, 0) is 9.53 Å². The number of esters is 1. The van der Waals surface area contributed by atoms with Gasteiger partial charge in [0.25, 0.3) is 0 Å². The van der Waals surface area contributed by atoms with Gasteiger partial charge in [0, 0.05) is 0 Å². The van der Waals surface area contributed by atoms with Gasteiger partial charge in [-0.15, -0.1) is 0 Å². The van der Waals surface area contributed by atoms with Crippen LogP contribution in [0.5, 0.6) is 0 Å². The van der Waals surface area contributed by atoms with Crippen molar-refractivity contribution in [2.75, 3.05) is 12.4 Å². The first-order valence-corrected chi connectivity index (χ1v) is 5.50. The van der Waals surface area contributed by atoms with E-state index in [4.69, 9.17) is 28.5 Å². The molecule has 0 atom stereocenters. The van der Waals surface area contributed by atoms with Gasteiger partial charge in [0.2, 0.25) is 5.91 Å². The summed E-state index contributed by atoms with van der Waals surface area (Å²) in [6.45, 7) is 0. The number of rotatable bonds is 3. The van der Waals surface area contributed by atoms with E-state index in [1.165, 1.54) is 19.2 Å². The fourth-order valence-corrected chi connectivity index (χ4v) is 1.73. The monoisotopic (exact) mass is 286 g/mol. The van der Waals surface area contributed by atoms with Crippen LogP contribution in [0.1, 0.15) is 16.8 Å². The summed E-state index contributed by atoms with van der Waals surface area (Å²) >= 11 is 11.8. The summed E-state index contributed by atoms with van der Waals surface area (Å²) in [6.07, 6.45) is -0.338. The number of nitrogens with zero attached hydrogens (tertiary/aromatic N) is 1. The molecule has 0 aliphatic heterocycles. The smallest absolute Gasteiger partial charge is 0.339 e. The molecule has 1 rings (SSSR count). The highest BCUT2D eigenvalue weighted by Crippen LogP contribution is 2.33. The molecule has 18 heavy (non-hydrogen) atoms. The van der Waals surface area contributed by atoms with Crippen LogP contribution < -0.4 is 5.32 Å². The lowest BCUT2D eigenvalue weighted by Crippen LogP contribution is -2.12. The third kappa shape index (κ3) is 3.13. The number of benzene rings is 1. The molecule has 0 unspecified atom stereocenters. The quantitative estimate of drug-likeness (QED) is 0.867. The Morgan fingerprint density at radius 2 is 2.11 bits per heavy atom. The molecule has 7 heteroatoms. The highest BCUT2D eigenvalue weighted by atomic mass is 35.5. The molecular weight excluding hydrogens is 279 g/mol. The number of anilines is 1. The lowest BCUT2D eigenvalue weighted by Gasteiger charge is -2.10. The molecule has 0 aliphatic rings. The SMILES string of the molecule is COC(=O)c1ccc(Cl)c(NC(=O)CC#N)c1Cl. The number of halogens is 2. The molecule has 1 amide bonds. The third-order valence-corrected chi connectivity index (χ3v) is 2.71. The van der Waals surface area contributed by atoms with Crippen LogP contribution in [0.25, 0.3) is 0 Å². The van der Waals surface area contributed by atoms with Crippen molar-refractivity contribution in [1.29, 1.82) is 5.26 Å². The predicted octanol–water partition coefficient (Wildman–Crippen LogP) is 2.63. The van der Waals surface area contributed by atoms with E-state index < -0.39 is 11.9 Å². The van der Waals surface area contributed by atoms with E-state index in [0.717, 1.165) is 0 Å². The van der Waals surface area contributed by atoms with Crippen molar-refractivity contribution in [3.8, 4) is 6.07 Å². The van der Waals surface area contributed by atoms with Crippen molar-refractivity contribution in [3.05, 3.63) is 27.7 Å². The lowest BCUT2D eigenvalue weighted by atomic mass is 10.2. The lowest BCUT2D eigenvalue weighted by molar-refractivity contribution is -0.115. The minimum atomic E-state index is -0.646. The van der Waals surface area contributed by atoms with Gasteiger partial charge in [-0.2, -0.15) is 5.26 Å². The largest absolute Gasteiger partial charge is 0.465 e. The summed E-state index contributed by atoms with van der Waals surface area (Å²) in [5.74, 6) is -1.21. The number of nitriles is 1. The molecule has 0 bridgehead atoms. The van der Waals surface area contributed by atoms with E-state index in [9.17, 15) is 9.59 Å². The van der Waals surface area contributed by atoms with Crippen molar-refractivity contribution in [3.63, 3.8) is 0 Å². The second kappa shape index (κ2) is 6.24. The average Bonchev–Trinajstić information content (AvgIpc) is 2.34. The molecule has 0 aromatic heterocycles. The first-order chi connectivity index (χ1) is 8.51. The van der Waals surface area contributed by atoms with Crippen molar-refractivity contribution >= 4 is 40.8 Å². The van der Waals surface area contributed by atoms with E-state index in [0.29, 0.717) is 0 Å². The number of hydrogen-bond acceptors (Lipinski definition) is 4. The number of ether oxygens (including phenoxy) is 1. The van der Waals surface area contributed by atoms with E-state index in [1.807, 2.05) is 0 Å². The van der Waals surface area contributed by atoms with Gasteiger partial charge in [-0.3, -0.25) is 4.79 Å². The molecule has 0 heterocycles. The highest BCUT2D eigenvalue weighted by Gasteiger charge is 2.18. The maximum Gasteiger partial charge on any atom is 0.339 e. The zero-order chi connectivity index (χ0) is 13.7. The molecule has 1 aromatic rings. The Bertz CT molecular complexity index is 538. The summed E-state index contributed by atoms with van der Waals surface area (Å²) in [6, 6.07) is 4.48. The van der Waals surface area contributed by atoms with Gasteiger partial charge in [-0.1, -0.05) is 23.2 Å². The zero-order valence-electron chi connectivity index (χ0n) is 9.29. The molecule has 0 spiro atoms. The van der Waals surface area contributed by atoms with Gasteiger partial charge in [-0.25, -0.2) is 4.79 Å². The van der Waals surface area contributed by atoms with Crippen molar-refractivity contribution in [2.24, 2.45) is 0 Å². The summed E-state index contributed by atoms with van der Waals surface area (Å²) in [5.41, 5.74) is 0.164. The summed E-state index contributed by atoms with van der Waals surface area (Å²) in [4.78, 5) is 22.7. The van der Waals surface area contributed by atoms with Crippen LogP contribution in [0.3, 0.4) is 0 Å². The molecule has 94 valence electrons. The van der Waals surface area contributed by atoms with Gasteiger partial charge < -0.3 is 10.1 Å². The maximum atomic E-state index is 11.4. The molecular formula is C11H8Cl2N2O3. The van der Waals surface area contributed by atoms with Gasteiger partial charge >= 0.3 is 5.97 Å². The van der Waals surface area contributed by atoms with Gasteiger partial charge in [0.15, 0.2) is 0 Å². The van der Waals surface area contributed by atoms with Crippen molar-refractivity contribution in [1.82, 2.24) is 0 Å². The van der Waals surface area contributed by atoms with E-state index in [1.54, 1.807) is 6.07 Å². The van der Waals surface area contributed by atoms with Crippen LogP contribution in [0.15, 0.2) is 12.1 Å². The normalized spacial score (nSPS) is 9.44. The Hall–Kier alpha value is -1.77. The number of carbonyl (C=O) groups is 2. The molecule has 0 saturated carbocycles. The maximum absolute atomic E-state index is 11.4.